The number of likely N-dealkylation sites (tertiary alicyclic amines) is 1. The number of hydrogen-bond donors (Lipinski definition) is 0. The SMILES string of the molecule is CC(C)N1CC2CCC(C1)N2C. The van der Waals surface area contributed by atoms with E-state index in [2.05, 4.69) is 30.7 Å². The standard InChI is InChI=1S/C10H20N2/c1-8(2)12-6-9-4-5-10(7-12)11(9)3/h8-10H,4-7H2,1-3H3. The van der Waals surface area contributed by atoms with E-state index in [4.69, 9.17) is 0 Å². The van der Waals surface area contributed by atoms with Gasteiger partial charge in [-0.15, -0.1) is 0 Å². The van der Waals surface area contributed by atoms with Crippen LogP contribution < -0.4 is 0 Å². The second-order valence-corrected chi connectivity index (χ2v) is 4.60. The van der Waals surface area contributed by atoms with Crippen molar-refractivity contribution in [1.82, 2.24) is 9.80 Å². The molecule has 0 spiro atoms. The molecule has 2 saturated heterocycles. The van der Waals surface area contributed by atoms with Crippen molar-refractivity contribution in [2.75, 3.05) is 20.1 Å². The predicted octanol–water partition coefficient (Wildman–Crippen LogP) is 1.17. The summed E-state index contributed by atoms with van der Waals surface area (Å²) < 4.78 is 0. The highest BCUT2D eigenvalue weighted by Gasteiger charge is 2.37. The van der Waals surface area contributed by atoms with E-state index in [0.29, 0.717) is 0 Å². The van der Waals surface area contributed by atoms with Gasteiger partial charge in [0.05, 0.1) is 0 Å². The number of fused-ring (bicyclic) bond motifs is 2. The Bertz CT molecular complexity index is 153. The van der Waals surface area contributed by atoms with Crippen LogP contribution >= 0.6 is 0 Å². The Kier molecular flexibility index (Phi) is 2.13. The summed E-state index contributed by atoms with van der Waals surface area (Å²) in [6.45, 7) is 7.21. The zero-order chi connectivity index (χ0) is 8.72. The molecule has 0 radical (unpaired) electrons. The first-order valence-corrected chi connectivity index (χ1v) is 5.14. The lowest BCUT2D eigenvalue weighted by Crippen LogP contribution is -2.53. The van der Waals surface area contributed by atoms with Gasteiger partial charge in [-0.1, -0.05) is 0 Å². The van der Waals surface area contributed by atoms with E-state index in [1.807, 2.05) is 0 Å². The molecule has 2 heteroatoms. The van der Waals surface area contributed by atoms with Gasteiger partial charge in [0.1, 0.15) is 0 Å². The summed E-state index contributed by atoms with van der Waals surface area (Å²) in [6, 6.07) is 2.44. The highest BCUT2D eigenvalue weighted by molar-refractivity contribution is 4.94. The van der Waals surface area contributed by atoms with Crippen LogP contribution in [-0.2, 0) is 0 Å². The molecule has 12 heavy (non-hydrogen) atoms. The monoisotopic (exact) mass is 168 g/mol. The third-order valence-corrected chi connectivity index (χ3v) is 3.61. The molecule has 2 heterocycles. The summed E-state index contributed by atoms with van der Waals surface area (Å²) in [4.78, 5) is 5.21. The third kappa shape index (κ3) is 1.27. The number of piperazine rings is 1. The summed E-state index contributed by atoms with van der Waals surface area (Å²) in [5.41, 5.74) is 0. The van der Waals surface area contributed by atoms with Gasteiger partial charge >= 0.3 is 0 Å². The van der Waals surface area contributed by atoms with E-state index in [1.54, 1.807) is 0 Å². The Morgan fingerprint density at radius 3 is 2.00 bits per heavy atom. The van der Waals surface area contributed by atoms with E-state index in [9.17, 15) is 0 Å². The molecular weight excluding hydrogens is 148 g/mol. The van der Waals surface area contributed by atoms with Crippen LogP contribution in [0.1, 0.15) is 26.7 Å². The molecule has 0 N–H and O–H groups in total. The molecule has 2 fully saturated rings. The molecule has 0 saturated carbocycles. The number of nitrogens with zero attached hydrogens (tertiary/aromatic N) is 2. The van der Waals surface area contributed by atoms with Crippen LogP contribution in [0.5, 0.6) is 0 Å². The van der Waals surface area contributed by atoms with Gasteiger partial charge < -0.3 is 0 Å². The van der Waals surface area contributed by atoms with Crippen molar-refractivity contribution in [2.45, 2.75) is 44.8 Å². The minimum absolute atomic E-state index is 0.738. The molecule has 0 aromatic rings. The van der Waals surface area contributed by atoms with Crippen molar-refractivity contribution in [3.05, 3.63) is 0 Å². The maximum Gasteiger partial charge on any atom is 0.0224 e. The van der Waals surface area contributed by atoms with Gasteiger partial charge in [-0.3, -0.25) is 9.80 Å². The van der Waals surface area contributed by atoms with Crippen molar-refractivity contribution in [3.63, 3.8) is 0 Å². The van der Waals surface area contributed by atoms with Crippen LogP contribution in [0, 0.1) is 0 Å². The van der Waals surface area contributed by atoms with Crippen molar-refractivity contribution < 1.29 is 0 Å². The second-order valence-electron chi connectivity index (χ2n) is 4.60. The fourth-order valence-electron chi connectivity index (χ4n) is 2.57. The molecule has 0 aromatic heterocycles. The molecule has 0 aromatic carbocycles. The van der Waals surface area contributed by atoms with Crippen molar-refractivity contribution in [3.8, 4) is 0 Å². The largest absolute Gasteiger partial charge is 0.298 e. The van der Waals surface area contributed by atoms with Gasteiger partial charge in [0.15, 0.2) is 0 Å². The second kappa shape index (κ2) is 3.00. The van der Waals surface area contributed by atoms with Crippen molar-refractivity contribution in [2.24, 2.45) is 0 Å². The highest BCUT2D eigenvalue weighted by Crippen LogP contribution is 2.28. The molecule has 2 bridgehead atoms. The lowest BCUT2D eigenvalue weighted by molar-refractivity contribution is 0.0682. The number of hydrogen-bond acceptors (Lipinski definition) is 2. The van der Waals surface area contributed by atoms with E-state index in [1.165, 1.54) is 25.9 Å². The maximum atomic E-state index is 2.63. The third-order valence-electron chi connectivity index (χ3n) is 3.61. The lowest BCUT2D eigenvalue weighted by Gasteiger charge is -2.40. The zero-order valence-corrected chi connectivity index (χ0v) is 8.45. The molecule has 2 atom stereocenters. The summed E-state index contributed by atoms with van der Waals surface area (Å²) in [7, 11) is 2.29. The molecule has 2 rings (SSSR count). The van der Waals surface area contributed by atoms with Crippen LogP contribution in [-0.4, -0.2) is 48.1 Å². The smallest absolute Gasteiger partial charge is 0.0224 e. The number of rotatable bonds is 1. The number of likely N-dealkylation sites (N-methyl/N-ethyl adjacent to an activating group) is 1. The lowest BCUT2D eigenvalue weighted by atomic mass is 10.1. The molecular formula is C10H20N2. The quantitative estimate of drug-likeness (QED) is 0.580. The van der Waals surface area contributed by atoms with E-state index >= 15 is 0 Å². The van der Waals surface area contributed by atoms with Gasteiger partial charge in [0.2, 0.25) is 0 Å². The molecule has 0 amide bonds. The van der Waals surface area contributed by atoms with E-state index in [-0.39, 0.29) is 0 Å². The fraction of sp³-hybridized carbons (Fsp3) is 1.00. The zero-order valence-electron chi connectivity index (χ0n) is 8.45. The van der Waals surface area contributed by atoms with Gasteiger partial charge in [-0.2, -0.15) is 0 Å². The normalized spacial score (nSPS) is 38.0. The Hall–Kier alpha value is -0.0800. The summed E-state index contributed by atoms with van der Waals surface area (Å²) in [6.07, 6.45) is 2.84. The fourth-order valence-corrected chi connectivity index (χ4v) is 2.57. The van der Waals surface area contributed by atoms with Crippen molar-refractivity contribution in [1.29, 1.82) is 0 Å². The first-order valence-electron chi connectivity index (χ1n) is 5.14. The summed E-state index contributed by atoms with van der Waals surface area (Å²) in [5.74, 6) is 0. The van der Waals surface area contributed by atoms with Crippen LogP contribution in [0.2, 0.25) is 0 Å². The predicted molar refractivity (Wildman–Crippen MR) is 51.3 cm³/mol. The van der Waals surface area contributed by atoms with Gasteiger partial charge in [-0.05, 0) is 33.7 Å². The van der Waals surface area contributed by atoms with Gasteiger partial charge in [-0.25, -0.2) is 0 Å². The Labute approximate surface area is 75.5 Å². The average Bonchev–Trinajstić information content (AvgIpc) is 2.30. The first-order chi connectivity index (χ1) is 5.68. The highest BCUT2D eigenvalue weighted by atomic mass is 15.3. The maximum absolute atomic E-state index is 2.63. The summed E-state index contributed by atoms with van der Waals surface area (Å²) in [5, 5.41) is 0. The molecule has 2 aliphatic heterocycles. The molecule has 2 aliphatic rings. The Morgan fingerprint density at radius 1 is 1.08 bits per heavy atom. The van der Waals surface area contributed by atoms with Crippen LogP contribution in [0.15, 0.2) is 0 Å². The summed E-state index contributed by atoms with van der Waals surface area (Å²) >= 11 is 0. The Morgan fingerprint density at radius 2 is 1.58 bits per heavy atom. The Balaban J connectivity index is 2.02. The first kappa shape index (κ1) is 8.52. The van der Waals surface area contributed by atoms with Crippen LogP contribution in [0.25, 0.3) is 0 Å². The topological polar surface area (TPSA) is 6.48 Å². The molecule has 70 valence electrons. The minimum atomic E-state index is 0.738. The van der Waals surface area contributed by atoms with Crippen LogP contribution in [0.3, 0.4) is 0 Å². The average molecular weight is 168 g/mol. The van der Waals surface area contributed by atoms with E-state index < -0.39 is 0 Å². The van der Waals surface area contributed by atoms with Gasteiger partial charge in [0.25, 0.3) is 0 Å². The van der Waals surface area contributed by atoms with Crippen molar-refractivity contribution >= 4 is 0 Å². The van der Waals surface area contributed by atoms with Crippen LogP contribution in [0.4, 0.5) is 0 Å². The molecule has 2 nitrogen and oxygen atoms in total. The minimum Gasteiger partial charge on any atom is -0.298 e. The van der Waals surface area contributed by atoms with E-state index in [0.717, 1.165) is 18.1 Å². The molecule has 2 unspecified atom stereocenters. The molecule has 0 aliphatic carbocycles. The van der Waals surface area contributed by atoms with Gasteiger partial charge in [0, 0.05) is 31.2 Å².